The summed E-state index contributed by atoms with van der Waals surface area (Å²) in [5.74, 6) is 0.626. The molecule has 0 fully saturated rings. The van der Waals surface area contributed by atoms with E-state index < -0.39 is 0 Å². The third kappa shape index (κ3) is 2.43. The molecule has 2 aromatic heterocycles. The number of halogens is 1. The van der Waals surface area contributed by atoms with Gasteiger partial charge in [-0.15, -0.1) is 0 Å². The monoisotopic (exact) mass is 285 g/mol. The molecular weight excluding hydrogens is 274 g/mol. The molecule has 0 saturated carbocycles. The predicted molar refractivity (Wildman–Crippen MR) is 77.7 cm³/mol. The summed E-state index contributed by atoms with van der Waals surface area (Å²) in [7, 11) is 0. The predicted octanol–water partition coefficient (Wildman–Crippen LogP) is 3.08. The lowest BCUT2D eigenvalue weighted by atomic mass is 10.1. The second-order valence-corrected chi connectivity index (χ2v) is 4.70. The van der Waals surface area contributed by atoms with Crippen LogP contribution in [0.1, 0.15) is 5.69 Å². The molecule has 3 aromatic rings. The molecule has 3 rings (SSSR count). The highest BCUT2D eigenvalue weighted by Crippen LogP contribution is 2.20. The zero-order valence-electron chi connectivity index (χ0n) is 10.6. The van der Waals surface area contributed by atoms with Gasteiger partial charge in [-0.3, -0.25) is 0 Å². The first kappa shape index (κ1) is 12.8. The lowest BCUT2D eigenvalue weighted by Crippen LogP contribution is -2.01. The fraction of sp³-hybridized carbons (Fsp3) is 0.0667. The fourth-order valence-electron chi connectivity index (χ4n) is 1.94. The van der Waals surface area contributed by atoms with E-state index >= 15 is 0 Å². The van der Waals surface area contributed by atoms with Gasteiger partial charge in [-0.05, 0) is 17.7 Å². The third-order valence-corrected chi connectivity index (χ3v) is 3.32. The van der Waals surface area contributed by atoms with Gasteiger partial charge in [0, 0.05) is 11.8 Å². The van der Waals surface area contributed by atoms with Gasteiger partial charge in [0.05, 0.1) is 23.5 Å². The number of nitrogens with zero attached hydrogens (tertiary/aromatic N) is 3. The number of rotatable bonds is 3. The summed E-state index contributed by atoms with van der Waals surface area (Å²) in [6.07, 6.45) is 3.68. The minimum Gasteiger partial charge on any atom is -0.390 e. The van der Waals surface area contributed by atoms with Gasteiger partial charge in [-0.1, -0.05) is 41.9 Å². The third-order valence-electron chi connectivity index (χ3n) is 2.98. The van der Waals surface area contributed by atoms with Crippen LogP contribution in [0.15, 0.2) is 54.9 Å². The molecule has 0 amide bonds. The highest BCUT2D eigenvalue weighted by atomic mass is 35.5. The molecule has 0 aliphatic heterocycles. The van der Waals surface area contributed by atoms with Crippen molar-refractivity contribution >= 4 is 11.6 Å². The molecule has 0 unspecified atom stereocenters. The van der Waals surface area contributed by atoms with E-state index in [0.29, 0.717) is 16.5 Å². The Hall–Kier alpha value is -2.17. The van der Waals surface area contributed by atoms with E-state index in [1.165, 1.54) is 0 Å². The summed E-state index contributed by atoms with van der Waals surface area (Å²) in [5, 5.41) is 13.9. The molecule has 0 atom stereocenters. The molecule has 0 aliphatic carbocycles. The van der Waals surface area contributed by atoms with Gasteiger partial charge in [0.15, 0.2) is 5.82 Å². The molecule has 0 spiro atoms. The van der Waals surface area contributed by atoms with E-state index in [2.05, 4.69) is 10.1 Å². The van der Waals surface area contributed by atoms with Crippen LogP contribution in [0.2, 0.25) is 5.02 Å². The Kier molecular flexibility index (Phi) is 3.50. The Morgan fingerprint density at radius 3 is 2.60 bits per heavy atom. The van der Waals surface area contributed by atoms with Crippen LogP contribution in [0.5, 0.6) is 0 Å². The van der Waals surface area contributed by atoms with Gasteiger partial charge < -0.3 is 5.11 Å². The summed E-state index contributed by atoms with van der Waals surface area (Å²) < 4.78 is 1.66. The van der Waals surface area contributed by atoms with Crippen molar-refractivity contribution in [2.24, 2.45) is 0 Å². The molecule has 1 aromatic carbocycles. The van der Waals surface area contributed by atoms with E-state index in [1.807, 2.05) is 36.5 Å². The van der Waals surface area contributed by atoms with Crippen molar-refractivity contribution in [2.75, 3.05) is 0 Å². The van der Waals surface area contributed by atoms with Crippen molar-refractivity contribution < 1.29 is 5.11 Å². The Bertz CT molecular complexity index is 725. The molecule has 0 bridgehead atoms. The average molecular weight is 286 g/mol. The summed E-state index contributed by atoms with van der Waals surface area (Å²) in [6.45, 7) is -0.195. The minimum absolute atomic E-state index is 0.195. The number of aromatic nitrogens is 3. The molecule has 1 N–H and O–H groups in total. The summed E-state index contributed by atoms with van der Waals surface area (Å²) in [5.41, 5.74) is 2.55. The van der Waals surface area contributed by atoms with E-state index in [-0.39, 0.29) is 6.61 Å². The quantitative estimate of drug-likeness (QED) is 0.804. The topological polar surface area (TPSA) is 50.9 Å². The number of pyridine rings is 1. The Labute approximate surface area is 121 Å². The zero-order chi connectivity index (χ0) is 13.9. The van der Waals surface area contributed by atoms with Gasteiger partial charge in [-0.2, -0.15) is 5.10 Å². The van der Waals surface area contributed by atoms with Gasteiger partial charge in [0.2, 0.25) is 0 Å². The van der Waals surface area contributed by atoms with Crippen LogP contribution < -0.4 is 0 Å². The van der Waals surface area contributed by atoms with Crippen LogP contribution in [-0.2, 0) is 6.61 Å². The second kappa shape index (κ2) is 5.45. The number of hydrogen-bond acceptors (Lipinski definition) is 3. The lowest BCUT2D eigenvalue weighted by molar-refractivity contribution is 0.277. The first-order chi connectivity index (χ1) is 9.78. The van der Waals surface area contributed by atoms with Crippen molar-refractivity contribution in [3.8, 4) is 16.9 Å². The maximum atomic E-state index is 9.20. The van der Waals surface area contributed by atoms with Crippen molar-refractivity contribution in [2.45, 2.75) is 6.61 Å². The summed E-state index contributed by atoms with van der Waals surface area (Å²) in [6, 6.07) is 13.5. The number of aliphatic hydroxyl groups excluding tert-OH is 1. The first-order valence-corrected chi connectivity index (χ1v) is 6.52. The smallest absolute Gasteiger partial charge is 0.153 e. The van der Waals surface area contributed by atoms with Crippen LogP contribution in [0.4, 0.5) is 0 Å². The molecule has 4 nitrogen and oxygen atoms in total. The minimum atomic E-state index is -0.195. The summed E-state index contributed by atoms with van der Waals surface area (Å²) >= 11 is 5.93. The second-order valence-electron chi connectivity index (χ2n) is 4.30. The molecule has 100 valence electrons. The van der Waals surface area contributed by atoms with Crippen molar-refractivity contribution in [1.82, 2.24) is 14.8 Å². The maximum absolute atomic E-state index is 9.20. The van der Waals surface area contributed by atoms with Crippen LogP contribution in [0.3, 0.4) is 0 Å². The van der Waals surface area contributed by atoms with Gasteiger partial charge >= 0.3 is 0 Å². The van der Waals surface area contributed by atoms with Crippen LogP contribution >= 0.6 is 11.6 Å². The highest BCUT2D eigenvalue weighted by Gasteiger charge is 2.07. The molecule has 0 saturated heterocycles. The molecule has 20 heavy (non-hydrogen) atoms. The van der Waals surface area contributed by atoms with Crippen molar-refractivity contribution in [1.29, 1.82) is 0 Å². The van der Waals surface area contributed by atoms with Crippen LogP contribution in [0.25, 0.3) is 16.9 Å². The van der Waals surface area contributed by atoms with E-state index in [4.69, 9.17) is 11.6 Å². The summed E-state index contributed by atoms with van der Waals surface area (Å²) in [4.78, 5) is 4.29. The number of hydrogen-bond donors (Lipinski definition) is 1. The van der Waals surface area contributed by atoms with Crippen molar-refractivity contribution in [3.05, 3.63) is 65.6 Å². The van der Waals surface area contributed by atoms with E-state index in [0.717, 1.165) is 11.1 Å². The molecule has 5 heteroatoms. The van der Waals surface area contributed by atoms with Crippen molar-refractivity contribution in [3.63, 3.8) is 0 Å². The zero-order valence-corrected chi connectivity index (χ0v) is 11.3. The fourth-order valence-corrected chi connectivity index (χ4v) is 2.10. The van der Waals surface area contributed by atoms with Crippen LogP contribution in [-0.4, -0.2) is 19.9 Å². The average Bonchev–Trinajstić information content (AvgIpc) is 2.98. The van der Waals surface area contributed by atoms with Gasteiger partial charge in [-0.25, -0.2) is 9.67 Å². The normalized spacial score (nSPS) is 10.7. The highest BCUT2D eigenvalue weighted by molar-refractivity contribution is 6.31. The van der Waals surface area contributed by atoms with E-state index in [9.17, 15) is 5.11 Å². The molecular formula is C15H12ClN3O. The van der Waals surface area contributed by atoms with Gasteiger partial charge in [0.25, 0.3) is 0 Å². The lowest BCUT2D eigenvalue weighted by Gasteiger charge is -2.04. The Morgan fingerprint density at radius 2 is 1.85 bits per heavy atom. The Balaban J connectivity index is 1.98. The van der Waals surface area contributed by atoms with E-state index in [1.54, 1.807) is 23.0 Å². The first-order valence-electron chi connectivity index (χ1n) is 6.14. The maximum Gasteiger partial charge on any atom is 0.153 e. The largest absolute Gasteiger partial charge is 0.390 e. The van der Waals surface area contributed by atoms with Gasteiger partial charge in [0.1, 0.15) is 0 Å². The Morgan fingerprint density at radius 1 is 1.05 bits per heavy atom. The SMILES string of the molecule is OCc1nc(-n2cc(-c3ccccc3)cn2)ccc1Cl. The number of benzene rings is 1. The number of aliphatic hydroxyl groups is 1. The molecule has 0 radical (unpaired) electrons. The van der Waals surface area contributed by atoms with Crippen LogP contribution in [0, 0.1) is 0 Å². The molecule has 0 aliphatic rings. The molecule has 2 heterocycles. The standard InChI is InChI=1S/C15H12ClN3O/c16-13-6-7-15(18-14(13)10-20)19-9-12(8-17-19)11-4-2-1-3-5-11/h1-9,20H,10H2.